The van der Waals surface area contributed by atoms with Crippen LogP contribution in [-0.4, -0.2) is 24.5 Å². The summed E-state index contributed by atoms with van der Waals surface area (Å²) in [6.45, 7) is 2.07. The third-order valence-electron chi connectivity index (χ3n) is 3.90. The number of anilines is 1. The van der Waals surface area contributed by atoms with E-state index >= 15 is 0 Å². The third-order valence-corrected chi connectivity index (χ3v) is 5.05. The van der Waals surface area contributed by atoms with Gasteiger partial charge < -0.3 is 0 Å². The average Bonchev–Trinajstić information content (AvgIpc) is 2.97. The van der Waals surface area contributed by atoms with Crippen LogP contribution in [0.3, 0.4) is 0 Å². The van der Waals surface area contributed by atoms with E-state index in [4.69, 9.17) is 23.2 Å². The molecule has 142 valence electrons. The molecule has 1 heterocycles. The third kappa shape index (κ3) is 4.64. The van der Waals surface area contributed by atoms with Gasteiger partial charge in [-0.05, 0) is 24.1 Å². The molecule has 0 fully saturated rings. The number of rotatable bonds is 6. The molecular formula is C19H19Cl2N3O2S. The van der Waals surface area contributed by atoms with Crippen molar-refractivity contribution in [1.82, 2.24) is 9.78 Å². The van der Waals surface area contributed by atoms with Gasteiger partial charge in [0.05, 0.1) is 22.0 Å². The van der Waals surface area contributed by atoms with Crippen LogP contribution in [-0.2, 0) is 16.4 Å². The van der Waals surface area contributed by atoms with Crippen molar-refractivity contribution in [2.24, 2.45) is 0 Å². The van der Waals surface area contributed by atoms with E-state index in [1.165, 1.54) is 4.68 Å². The normalized spacial score (nSPS) is 11.6. The minimum Gasteiger partial charge on any atom is -0.267 e. The van der Waals surface area contributed by atoms with Crippen molar-refractivity contribution in [3.8, 4) is 16.9 Å². The Morgan fingerprint density at radius 2 is 1.70 bits per heavy atom. The predicted octanol–water partition coefficient (Wildman–Crippen LogP) is 5.17. The molecule has 0 spiro atoms. The summed E-state index contributed by atoms with van der Waals surface area (Å²) >= 11 is 13.0. The Morgan fingerprint density at radius 1 is 1.07 bits per heavy atom. The topological polar surface area (TPSA) is 64.0 Å². The molecule has 0 aliphatic rings. The maximum absolute atomic E-state index is 11.8. The molecule has 0 aliphatic carbocycles. The van der Waals surface area contributed by atoms with Crippen molar-refractivity contribution >= 4 is 39.0 Å². The van der Waals surface area contributed by atoms with Gasteiger partial charge >= 0.3 is 0 Å². The van der Waals surface area contributed by atoms with Crippen molar-refractivity contribution < 1.29 is 8.42 Å². The summed E-state index contributed by atoms with van der Waals surface area (Å²) in [6.07, 6.45) is 2.90. The Hall–Kier alpha value is -2.02. The van der Waals surface area contributed by atoms with Gasteiger partial charge in [-0.3, -0.25) is 4.72 Å². The van der Waals surface area contributed by atoms with Crippen molar-refractivity contribution in [2.75, 3.05) is 11.0 Å². The van der Waals surface area contributed by atoms with Crippen LogP contribution in [0.1, 0.15) is 18.9 Å². The first-order valence-corrected chi connectivity index (χ1v) is 11.0. The molecular weight excluding hydrogens is 405 g/mol. The molecule has 0 amide bonds. The largest absolute Gasteiger partial charge is 0.267 e. The first-order valence-electron chi connectivity index (χ1n) is 8.40. The highest BCUT2D eigenvalue weighted by Crippen LogP contribution is 2.34. The van der Waals surface area contributed by atoms with E-state index in [1.54, 1.807) is 6.07 Å². The van der Waals surface area contributed by atoms with Crippen LogP contribution in [0.15, 0.2) is 48.5 Å². The molecule has 0 bridgehead atoms. The van der Waals surface area contributed by atoms with Gasteiger partial charge in [0.2, 0.25) is 10.0 Å². The summed E-state index contributed by atoms with van der Waals surface area (Å²) in [4.78, 5) is 0. The van der Waals surface area contributed by atoms with Crippen molar-refractivity contribution in [1.29, 1.82) is 0 Å². The Bertz CT molecular complexity index is 1040. The molecule has 1 N–H and O–H groups in total. The lowest BCUT2D eigenvalue weighted by Gasteiger charge is -2.13. The van der Waals surface area contributed by atoms with Gasteiger partial charge in [0.25, 0.3) is 0 Å². The van der Waals surface area contributed by atoms with Gasteiger partial charge in [-0.2, -0.15) is 5.10 Å². The number of hydrogen-bond donors (Lipinski definition) is 1. The summed E-state index contributed by atoms with van der Waals surface area (Å²) < 4.78 is 27.6. The number of hydrogen-bond acceptors (Lipinski definition) is 3. The van der Waals surface area contributed by atoms with Crippen LogP contribution >= 0.6 is 23.2 Å². The maximum Gasteiger partial charge on any atom is 0.230 e. The Balaban J connectivity index is 2.18. The maximum atomic E-state index is 11.8. The highest BCUT2D eigenvalue weighted by Gasteiger charge is 2.19. The second-order valence-electron chi connectivity index (χ2n) is 6.22. The number of halogens is 2. The molecule has 5 nitrogen and oxygen atoms in total. The van der Waals surface area contributed by atoms with Crippen LogP contribution in [0, 0.1) is 0 Å². The van der Waals surface area contributed by atoms with Gasteiger partial charge in [0.1, 0.15) is 11.5 Å². The molecule has 0 saturated heterocycles. The predicted molar refractivity (Wildman–Crippen MR) is 111 cm³/mol. The molecule has 0 saturated carbocycles. The minimum absolute atomic E-state index is 0.267. The first-order chi connectivity index (χ1) is 12.8. The molecule has 0 aliphatic heterocycles. The Kier molecular flexibility index (Phi) is 5.79. The first kappa shape index (κ1) is 19.7. The van der Waals surface area contributed by atoms with Crippen LogP contribution in [0.4, 0.5) is 5.82 Å². The lowest BCUT2D eigenvalue weighted by molar-refractivity contribution is 0.606. The Morgan fingerprint density at radius 3 is 2.26 bits per heavy atom. The van der Waals surface area contributed by atoms with Gasteiger partial charge in [-0.1, -0.05) is 66.9 Å². The second-order valence-corrected chi connectivity index (χ2v) is 8.79. The van der Waals surface area contributed by atoms with Gasteiger partial charge in [0.15, 0.2) is 0 Å². The molecule has 8 heteroatoms. The highest BCUT2D eigenvalue weighted by molar-refractivity contribution is 7.92. The lowest BCUT2D eigenvalue weighted by Crippen LogP contribution is -2.14. The fraction of sp³-hybridized carbons (Fsp3) is 0.211. The minimum atomic E-state index is -3.52. The number of benzene rings is 2. The summed E-state index contributed by atoms with van der Waals surface area (Å²) in [5.41, 5.74) is 2.91. The fourth-order valence-corrected chi connectivity index (χ4v) is 4.04. The number of sulfonamides is 1. The van der Waals surface area contributed by atoms with Crippen molar-refractivity contribution in [2.45, 2.75) is 19.8 Å². The zero-order valence-corrected chi connectivity index (χ0v) is 17.2. The van der Waals surface area contributed by atoms with E-state index in [0.717, 1.165) is 30.2 Å². The van der Waals surface area contributed by atoms with E-state index in [0.29, 0.717) is 21.4 Å². The molecule has 0 radical (unpaired) electrons. The number of nitrogens with one attached hydrogen (secondary N) is 1. The zero-order valence-electron chi connectivity index (χ0n) is 14.9. The molecule has 3 aromatic rings. The van der Waals surface area contributed by atoms with Crippen molar-refractivity contribution in [3.63, 3.8) is 0 Å². The summed E-state index contributed by atoms with van der Waals surface area (Å²) in [5, 5.41) is 5.37. The SMILES string of the molecule is CCCc1cc(Cl)c(-n2nc(-c3ccccc3)cc2NS(C)(=O)=O)c(Cl)c1. The van der Waals surface area contributed by atoms with Crippen LogP contribution in [0.5, 0.6) is 0 Å². The number of nitrogens with zero attached hydrogens (tertiary/aromatic N) is 2. The molecule has 0 unspecified atom stereocenters. The average molecular weight is 424 g/mol. The van der Waals surface area contributed by atoms with Crippen LogP contribution in [0.2, 0.25) is 10.0 Å². The molecule has 27 heavy (non-hydrogen) atoms. The molecule has 0 atom stereocenters. The lowest BCUT2D eigenvalue weighted by atomic mass is 10.1. The quantitative estimate of drug-likeness (QED) is 0.594. The number of aromatic nitrogens is 2. The smallest absolute Gasteiger partial charge is 0.230 e. The van der Waals surface area contributed by atoms with E-state index < -0.39 is 10.0 Å². The van der Waals surface area contributed by atoms with Gasteiger partial charge in [-0.25, -0.2) is 13.1 Å². The summed E-state index contributed by atoms with van der Waals surface area (Å²) in [5.74, 6) is 0.267. The van der Waals surface area contributed by atoms with Crippen LogP contribution < -0.4 is 4.72 Å². The van der Waals surface area contributed by atoms with E-state index in [2.05, 4.69) is 16.7 Å². The Labute approximate surface area is 169 Å². The second kappa shape index (κ2) is 7.92. The standard InChI is InChI=1S/C19H19Cl2N3O2S/c1-3-7-13-10-15(20)19(16(21)11-13)24-18(23-27(2,25)26)12-17(22-24)14-8-5-4-6-9-14/h4-6,8-12,23H,3,7H2,1-2H3. The van der Waals surface area contributed by atoms with Crippen molar-refractivity contribution in [3.05, 3.63) is 64.1 Å². The zero-order chi connectivity index (χ0) is 19.6. The van der Waals surface area contributed by atoms with E-state index in [9.17, 15) is 8.42 Å². The van der Waals surface area contributed by atoms with Gasteiger partial charge in [0, 0.05) is 11.6 Å². The summed E-state index contributed by atoms with van der Waals surface area (Å²) in [6, 6.07) is 14.8. The monoisotopic (exact) mass is 423 g/mol. The molecule has 2 aromatic carbocycles. The summed E-state index contributed by atoms with van der Waals surface area (Å²) in [7, 11) is -3.52. The van der Waals surface area contributed by atoms with E-state index in [1.807, 2.05) is 42.5 Å². The molecule has 1 aromatic heterocycles. The van der Waals surface area contributed by atoms with Crippen LogP contribution in [0.25, 0.3) is 16.9 Å². The highest BCUT2D eigenvalue weighted by atomic mass is 35.5. The fourth-order valence-electron chi connectivity index (χ4n) is 2.82. The van der Waals surface area contributed by atoms with Gasteiger partial charge in [-0.15, -0.1) is 0 Å². The van der Waals surface area contributed by atoms with E-state index in [-0.39, 0.29) is 5.82 Å². The number of aryl methyl sites for hydroxylation is 1. The molecule has 3 rings (SSSR count).